The second-order valence-corrected chi connectivity index (χ2v) is 4.40. The van der Waals surface area contributed by atoms with Crippen molar-refractivity contribution in [3.63, 3.8) is 0 Å². The van der Waals surface area contributed by atoms with E-state index in [1.165, 1.54) is 12.1 Å². The van der Waals surface area contributed by atoms with E-state index in [-0.39, 0.29) is 11.9 Å². The van der Waals surface area contributed by atoms with Crippen LogP contribution >= 0.6 is 11.6 Å². The second-order valence-electron chi connectivity index (χ2n) is 3.99. The molecule has 0 spiro atoms. The third kappa shape index (κ3) is 2.84. The highest BCUT2D eigenvalue weighted by molar-refractivity contribution is 6.31. The maximum atomic E-state index is 12.9. The maximum absolute atomic E-state index is 12.9. The predicted molar refractivity (Wildman–Crippen MR) is 65.3 cm³/mol. The van der Waals surface area contributed by atoms with Gasteiger partial charge in [-0.3, -0.25) is 4.68 Å². The average Bonchev–Trinajstić information content (AvgIpc) is 2.69. The normalized spacial score (nSPS) is 12.7. The topological polar surface area (TPSA) is 43.8 Å². The van der Waals surface area contributed by atoms with Crippen molar-refractivity contribution in [3.05, 3.63) is 52.6 Å². The molecular formula is C12H13ClFN3. The largest absolute Gasteiger partial charge is 0.324 e. The monoisotopic (exact) mass is 253 g/mol. The van der Waals surface area contributed by atoms with Crippen LogP contribution in [0.15, 0.2) is 30.6 Å². The summed E-state index contributed by atoms with van der Waals surface area (Å²) in [7, 11) is 1.83. The number of hydrogen-bond acceptors (Lipinski definition) is 2. The highest BCUT2D eigenvalue weighted by Gasteiger charge is 2.11. The Labute approximate surface area is 104 Å². The summed E-state index contributed by atoms with van der Waals surface area (Å²) >= 11 is 5.95. The van der Waals surface area contributed by atoms with Gasteiger partial charge in [-0.15, -0.1) is 0 Å². The molecular weight excluding hydrogens is 241 g/mol. The van der Waals surface area contributed by atoms with Gasteiger partial charge in [0.25, 0.3) is 0 Å². The van der Waals surface area contributed by atoms with Gasteiger partial charge in [-0.1, -0.05) is 17.7 Å². The Morgan fingerprint density at radius 3 is 2.88 bits per heavy atom. The van der Waals surface area contributed by atoms with E-state index < -0.39 is 0 Å². The summed E-state index contributed by atoms with van der Waals surface area (Å²) in [5, 5.41) is 4.47. The summed E-state index contributed by atoms with van der Waals surface area (Å²) in [6, 6.07) is 4.16. The van der Waals surface area contributed by atoms with Crippen LogP contribution in [0.1, 0.15) is 17.2 Å². The Morgan fingerprint density at radius 1 is 1.53 bits per heavy atom. The molecule has 1 unspecified atom stereocenters. The molecule has 1 atom stereocenters. The standard InChI is InChI=1S/C12H13ClFN3/c1-17-7-9(6-16-17)12(15)4-8-2-3-10(14)5-11(8)13/h2-3,5-7,12H,4,15H2,1H3. The maximum Gasteiger partial charge on any atom is 0.124 e. The first-order valence-electron chi connectivity index (χ1n) is 5.24. The van der Waals surface area contributed by atoms with Crippen molar-refractivity contribution in [3.8, 4) is 0 Å². The van der Waals surface area contributed by atoms with Crippen LogP contribution < -0.4 is 5.73 Å². The lowest BCUT2D eigenvalue weighted by Crippen LogP contribution is -2.13. The number of aromatic nitrogens is 2. The molecule has 1 aromatic heterocycles. The van der Waals surface area contributed by atoms with Crippen LogP contribution in [0.5, 0.6) is 0 Å². The smallest absolute Gasteiger partial charge is 0.124 e. The Hall–Kier alpha value is -1.39. The zero-order chi connectivity index (χ0) is 12.4. The summed E-state index contributed by atoms with van der Waals surface area (Å²) in [4.78, 5) is 0. The van der Waals surface area contributed by atoms with Crippen molar-refractivity contribution >= 4 is 11.6 Å². The summed E-state index contributed by atoms with van der Waals surface area (Å²) < 4.78 is 14.6. The molecule has 0 saturated carbocycles. The minimum absolute atomic E-state index is 0.188. The molecule has 2 N–H and O–H groups in total. The fraction of sp³-hybridized carbons (Fsp3) is 0.250. The molecule has 0 saturated heterocycles. The lowest BCUT2D eigenvalue weighted by Gasteiger charge is -2.10. The highest BCUT2D eigenvalue weighted by Crippen LogP contribution is 2.22. The molecule has 0 amide bonds. The van der Waals surface area contributed by atoms with Gasteiger partial charge >= 0.3 is 0 Å². The van der Waals surface area contributed by atoms with Crippen molar-refractivity contribution in [1.29, 1.82) is 0 Å². The van der Waals surface area contributed by atoms with Gasteiger partial charge in [0.15, 0.2) is 0 Å². The number of hydrogen-bond donors (Lipinski definition) is 1. The zero-order valence-electron chi connectivity index (χ0n) is 9.40. The van der Waals surface area contributed by atoms with Crippen molar-refractivity contribution in [2.24, 2.45) is 12.8 Å². The molecule has 2 rings (SSSR count). The minimum atomic E-state index is -0.339. The molecule has 0 bridgehead atoms. The van der Waals surface area contributed by atoms with Gasteiger partial charge in [0.05, 0.1) is 6.20 Å². The van der Waals surface area contributed by atoms with Crippen LogP contribution in [0.4, 0.5) is 4.39 Å². The number of aryl methyl sites for hydroxylation is 1. The van der Waals surface area contributed by atoms with E-state index >= 15 is 0 Å². The Kier molecular flexibility index (Phi) is 3.45. The van der Waals surface area contributed by atoms with Crippen LogP contribution in [-0.2, 0) is 13.5 Å². The van der Waals surface area contributed by atoms with Crippen LogP contribution in [-0.4, -0.2) is 9.78 Å². The van der Waals surface area contributed by atoms with Gasteiger partial charge in [0.2, 0.25) is 0 Å². The Morgan fingerprint density at radius 2 is 2.29 bits per heavy atom. The quantitative estimate of drug-likeness (QED) is 0.913. The molecule has 0 aliphatic rings. The van der Waals surface area contributed by atoms with E-state index in [0.29, 0.717) is 11.4 Å². The number of nitrogens with zero attached hydrogens (tertiary/aromatic N) is 2. The summed E-state index contributed by atoms with van der Waals surface area (Å²) in [5.74, 6) is -0.339. The van der Waals surface area contributed by atoms with E-state index in [4.69, 9.17) is 17.3 Å². The van der Waals surface area contributed by atoms with E-state index in [1.807, 2.05) is 13.2 Å². The molecule has 5 heteroatoms. The van der Waals surface area contributed by atoms with E-state index in [2.05, 4.69) is 5.10 Å². The fourth-order valence-electron chi connectivity index (χ4n) is 1.67. The molecule has 1 heterocycles. The SMILES string of the molecule is Cn1cc(C(N)Cc2ccc(F)cc2Cl)cn1. The van der Waals surface area contributed by atoms with Gasteiger partial charge in [-0.25, -0.2) is 4.39 Å². The minimum Gasteiger partial charge on any atom is -0.324 e. The Balaban J connectivity index is 2.15. The number of rotatable bonds is 3. The third-order valence-corrected chi connectivity index (χ3v) is 2.96. The van der Waals surface area contributed by atoms with Crippen LogP contribution in [0, 0.1) is 5.82 Å². The molecule has 3 nitrogen and oxygen atoms in total. The first-order chi connectivity index (χ1) is 8.06. The molecule has 0 aliphatic heterocycles. The van der Waals surface area contributed by atoms with Gasteiger partial charge in [-0.05, 0) is 24.1 Å². The van der Waals surface area contributed by atoms with Gasteiger partial charge in [-0.2, -0.15) is 5.10 Å². The molecule has 0 aliphatic carbocycles. The third-order valence-electron chi connectivity index (χ3n) is 2.61. The van der Waals surface area contributed by atoms with Crippen LogP contribution in [0.2, 0.25) is 5.02 Å². The average molecular weight is 254 g/mol. The molecule has 0 fully saturated rings. The molecule has 1 aromatic carbocycles. The lowest BCUT2D eigenvalue weighted by molar-refractivity contribution is 0.625. The van der Waals surface area contributed by atoms with Crippen LogP contribution in [0.25, 0.3) is 0 Å². The number of halogens is 2. The second kappa shape index (κ2) is 4.85. The summed E-state index contributed by atoms with van der Waals surface area (Å²) in [5.41, 5.74) is 7.82. The van der Waals surface area contributed by atoms with Gasteiger partial charge in [0, 0.05) is 29.9 Å². The van der Waals surface area contributed by atoms with E-state index in [1.54, 1.807) is 16.9 Å². The van der Waals surface area contributed by atoms with Crippen LogP contribution in [0.3, 0.4) is 0 Å². The van der Waals surface area contributed by atoms with Crippen molar-refractivity contribution in [1.82, 2.24) is 9.78 Å². The van der Waals surface area contributed by atoms with Crippen molar-refractivity contribution in [2.75, 3.05) is 0 Å². The van der Waals surface area contributed by atoms with Crippen molar-refractivity contribution in [2.45, 2.75) is 12.5 Å². The zero-order valence-corrected chi connectivity index (χ0v) is 10.2. The first kappa shape index (κ1) is 12.1. The summed E-state index contributed by atoms with van der Waals surface area (Å²) in [6.07, 6.45) is 4.15. The van der Waals surface area contributed by atoms with E-state index in [9.17, 15) is 4.39 Å². The fourth-order valence-corrected chi connectivity index (χ4v) is 1.92. The summed E-state index contributed by atoms with van der Waals surface area (Å²) in [6.45, 7) is 0. The molecule has 17 heavy (non-hydrogen) atoms. The predicted octanol–water partition coefficient (Wildman–Crippen LogP) is 2.46. The Bertz CT molecular complexity index is 524. The lowest BCUT2D eigenvalue weighted by atomic mass is 10.0. The molecule has 2 aromatic rings. The molecule has 0 radical (unpaired) electrons. The van der Waals surface area contributed by atoms with Gasteiger partial charge in [0.1, 0.15) is 5.82 Å². The van der Waals surface area contributed by atoms with Gasteiger partial charge < -0.3 is 5.73 Å². The number of benzene rings is 1. The number of nitrogens with two attached hydrogens (primary N) is 1. The van der Waals surface area contributed by atoms with Crippen molar-refractivity contribution < 1.29 is 4.39 Å². The van der Waals surface area contributed by atoms with E-state index in [0.717, 1.165) is 11.1 Å². The highest BCUT2D eigenvalue weighted by atomic mass is 35.5. The first-order valence-corrected chi connectivity index (χ1v) is 5.62. The molecule has 90 valence electrons.